The van der Waals surface area contributed by atoms with Crippen molar-refractivity contribution in [1.82, 2.24) is 5.32 Å². The molecular weight excluding hydrogens is 218 g/mol. The largest absolute Gasteiger partial charge is 0.310 e. The Balaban J connectivity index is 3.00. The molecule has 0 saturated heterocycles. The lowest BCUT2D eigenvalue weighted by Gasteiger charge is -2.28. The summed E-state index contributed by atoms with van der Waals surface area (Å²) in [5.74, 6) is 0.734. The minimum atomic E-state index is 0.514. The van der Waals surface area contributed by atoms with Gasteiger partial charge >= 0.3 is 0 Å². The molecule has 1 N–H and O–H groups in total. The Hall–Kier alpha value is -0.820. The Labute approximate surface area is 113 Å². The highest BCUT2D eigenvalue weighted by atomic mass is 14.9. The predicted molar refractivity (Wildman–Crippen MR) is 81.0 cm³/mol. The monoisotopic (exact) mass is 247 g/mol. The zero-order chi connectivity index (χ0) is 13.5. The molecule has 1 unspecified atom stereocenters. The third kappa shape index (κ3) is 3.84. The molecule has 0 fully saturated rings. The van der Waals surface area contributed by atoms with Crippen molar-refractivity contribution in [2.45, 2.75) is 59.9 Å². The maximum Gasteiger partial charge on any atom is 0.0351 e. The van der Waals surface area contributed by atoms with Gasteiger partial charge in [0.05, 0.1) is 0 Å². The molecule has 102 valence electrons. The summed E-state index contributed by atoms with van der Waals surface area (Å²) in [5.41, 5.74) is 4.27. The number of hydrogen-bond donors (Lipinski definition) is 1. The molecule has 0 saturated carbocycles. The zero-order valence-electron chi connectivity index (χ0n) is 12.7. The lowest BCUT2D eigenvalue weighted by Crippen LogP contribution is -2.29. The molecule has 1 atom stereocenters. The topological polar surface area (TPSA) is 12.0 Å². The SMILES string of the molecule is CCCNC(c1ccc(C)cc1C)C(CC)CC. The average Bonchev–Trinajstić information content (AvgIpc) is 2.35. The Morgan fingerprint density at radius 3 is 2.22 bits per heavy atom. The van der Waals surface area contributed by atoms with Crippen molar-refractivity contribution in [2.24, 2.45) is 5.92 Å². The van der Waals surface area contributed by atoms with E-state index in [9.17, 15) is 0 Å². The first-order chi connectivity index (χ1) is 8.63. The van der Waals surface area contributed by atoms with Crippen LogP contribution in [-0.2, 0) is 0 Å². The predicted octanol–water partition coefficient (Wildman–Crippen LogP) is 4.78. The Bertz CT molecular complexity index is 353. The maximum atomic E-state index is 3.75. The molecule has 1 rings (SSSR count). The minimum absolute atomic E-state index is 0.514. The maximum absolute atomic E-state index is 3.75. The summed E-state index contributed by atoms with van der Waals surface area (Å²) in [5, 5.41) is 3.75. The van der Waals surface area contributed by atoms with E-state index in [0.29, 0.717) is 6.04 Å². The Morgan fingerprint density at radius 2 is 1.72 bits per heavy atom. The summed E-state index contributed by atoms with van der Waals surface area (Å²) < 4.78 is 0. The highest BCUT2D eigenvalue weighted by Crippen LogP contribution is 2.29. The van der Waals surface area contributed by atoms with Crippen LogP contribution in [0.4, 0.5) is 0 Å². The molecule has 1 aromatic carbocycles. The van der Waals surface area contributed by atoms with Crippen LogP contribution in [0, 0.1) is 19.8 Å². The molecule has 0 amide bonds. The third-order valence-electron chi connectivity index (χ3n) is 3.89. The van der Waals surface area contributed by atoms with Crippen molar-refractivity contribution in [2.75, 3.05) is 6.54 Å². The van der Waals surface area contributed by atoms with Crippen molar-refractivity contribution >= 4 is 0 Å². The number of benzene rings is 1. The molecule has 0 spiro atoms. The van der Waals surface area contributed by atoms with E-state index >= 15 is 0 Å². The van der Waals surface area contributed by atoms with Gasteiger partial charge in [0.15, 0.2) is 0 Å². The lowest BCUT2D eigenvalue weighted by atomic mass is 9.86. The molecule has 0 aliphatic heterocycles. The molecule has 1 heteroatoms. The van der Waals surface area contributed by atoms with Gasteiger partial charge in [-0.3, -0.25) is 0 Å². The highest BCUT2D eigenvalue weighted by Gasteiger charge is 2.20. The van der Waals surface area contributed by atoms with Crippen molar-refractivity contribution in [3.8, 4) is 0 Å². The number of rotatable bonds is 7. The van der Waals surface area contributed by atoms with Crippen molar-refractivity contribution < 1.29 is 0 Å². The molecule has 1 aromatic rings. The van der Waals surface area contributed by atoms with Gasteiger partial charge < -0.3 is 5.32 Å². The summed E-state index contributed by atoms with van der Waals surface area (Å²) in [6, 6.07) is 7.38. The minimum Gasteiger partial charge on any atom is -0.310 e. The van der Waals surface area contributed by atoms with Crippen LogP contribution in [0.1, 0.15) is 62.8 Å². The Kier molecular flexibility index (Phi) is 6.42. The molecule has 0 bridgehead atoms. The van der Waals surface area contributed by atoms with Gasteiger partial charge in [0, 0.05) is 6.04 Å². The van der Waals surface area contributed by atoms with Gasteiger partial charge in [-0.2, -0.15) is 0 Å². The first kappa shape index (κ1) is 15.2. The van der Waals surface area contributed by atoms with Crippen molar-refractivity contribution in [3.63, 3.8) is 0 Å². The molecule has 1 nitrogen and oxygen atoms in total. The number of nitrogens with one attached hydrogen (secondary N) is 1. The molecular formula is C17H29N. The summed E-state index contributed by atoms with van der Waals surface area (Å²) in [7, 11) is 0. The molecule has 0 aliphatic carbocycles. The van der Waals surface area contributed by atoms with Gasteiger partial charge in [0.2, 0.25) is 0 Å². The number of hydrogen-bond acceptors (Lipinski definition) is 1. The van der Waals surface area contributed by atoms with Gasteiger partial charge in [-0.25, -0.2) is 0 Å². The zero-order valence-corrected chi connectivity index (χ0v) is 12.7. The summed E-state index contributed by atoms with van der Waals surface area (Å²) in [4.78, 5) is 0. The highest BCUT2D eigenvalue weighted by molar-refractivity contribution is 5.33. The number of aryl methyl sites for hydroxylation is 2. The summed E-state index contributed by atoms with van der Waals surface area (Å²) in [6.07, 6.45) is 3.68. The van der Waals surface area contributed by atoms with Crippen LogP contribution in [-0.4, -0.2) is 6.54 Å². The van der Waals surface area contributed by atoms with Gasteiger partial charge in [0.25, 0.3) is 0 Å². The van der Waals surface area contributed by atoms with E-state index < -0.39 is 0 Å². The molecule has 0 heterocycles. The van der Waals surface area contributed by atoms with Gasteiger partial charge in [-0.1, -0.05) is 57.4 Å². The fraction of sp³-hybridized carbons (Fsp3) is 0.647. The standard InChI is InChI=1S/C17H29N/c1-6-11-18-17(15(7-2)8-3)16-10-9-13(4)12-14(16)5/h9-10,12,15,17-18H,6-8,11H2,1-5H3. The smallest absolute Gasteiger partial charge is 0.0351 e. The molecule has 0 aromatic heterocycles. The van der Waals surface area contributed by atoms with E-state index in [1.807, 2.05) is 0 Å². The van der Waals surface area contributed by atoms with E-state index in [4.69, 9.17) is 0 Å². The molecule has 0 aliphatic rings. The van der Waals surface area contributed by atoms with Crippen LogP contribution in [0.5, 0.6) is 0 Å². The van der Waals surface area contributed by atoms with Gasteiger partial charge in [0.1, 0.15) is 0 Å². The second kappa shape index (κ2) is 7.58. The summed E-state index contributed by atoms with van der Waals surface area (Å²) in [6.45, 7) is 12.4. The van der Waals surface area contributed by atoms with Crippen LogP contribution < -0.4 is 5.32 Å². The van der Waals surface area contributed by atoms with Crippen LogP contribution in [0.3, 0.4) is 0 Å². The first-order valence-corrected chi connectivity index (χ1v) is 7.44. The first-order valence-electron chi connectivity index (χ1n) is 7.44. The third-order valence-corrected chi connectivity index (χ3v) is 3.89. The molecule has 0 radical (unpaired) electrons. The van der Waals surface area contributed by atoms with E-state index in [1.165, 1.54) is 36.0 Å². The average molecular weight is 247 g/mol. The Morgan fingerprint density at radius 1 is 1.06 bits per heavy atom. The second-order valence-corrected chi connectivity index (χ2v) is 5.37. The van der Waals surface area contributed by atoms with Gasteiger partial charge in [-0.05, 0) is 43.9 Å². The van der Waals surface area contributed by atoms with Crippen LogP contribution in [0.25, 0.3) is 0 Å². The quantitative estimate of drug-likeness (QED) is 0.731. The van der Waals surface area contributed by atoms with E-state index in [0.717, 1.165) is 12.5 Å². The van der Waals surface area contributed by atoms with Gasteiger partial charge in [-0.15, -0.1) is 0 Å². The van der Waals surface area contributed by atoms with Crippen molar-refractivity contribution in [3.05, 3.63) is 34.9 Å². The normalized spacial score (nSPS) is 13.0. The van der Waals surface area contributed by atoms with Crippen LogP contribution in [0.15, 0.2) is 18.2 Å². The van der Waals surface area contributed by atoms with E-state index in [1.54, 1.807) is 0 Å². The van der Waals surface area contributed by atoms with E-state index in [2.05, 4.69) is 58.1 Å². The summed E-state index contributed by atoms with van der Waals surface area (Å²) >= 11 is 0. The second-order valence-electron chi connectivity index (χ2n) is 5.37. The van der Waals surface area contributed by atoms with Crippen LogP contribution >= 0.6 is 0 Å². The van der Waals surface area contributed by atoms with Crippen LogP contribution in [0.2, 0.25) is 0 Å². The fourth-order valence-corrected chi connectivity index (χ4v) is 2.77. The van der Waals surface area contributed by atoms with Crippen molar-refractivity contribution in [1.29, 1.82) is 0 Å². The van der Waals surface area contributed by atoms with E-state index in [-0.39, 0.29) is 0 Å². The molecule has 18 heavy (non-hydrogen) atoms. The fourth-order valence-electron chi connectivity index (χ4n) is 2.77. The lowest BCUT2D eigenvalue weighted by molar-refractivity contribution is 0.340.